The summed E-state index contributed by atoms with van der Waals surface area (Å²) in [6, 6.07) is 15.7. The number of hydrogen-bond acceptors (Lipinski definition) is 3. The van der Waals surface area contributed by atoms with E-state index in [1.54, 1.807) is 18.0 Å². The third-order valence-electron chi connectivity index (χ3n) is 3.83. The van der Waals surface area contributed by atoms with Crippen LogP contribution in [0.15, 0.2) is 54.6 Å². The fourth-order valence-electron chi connectivity index (χ4n) is 2.38. The molecule has 0 bridgehead atoms. The number of urea groups is 1. The largest absolute Gasteiger partial charge is 0.394 e. The van der Waals surface area contributed by atoms with Crippen molar-refractivity contribution in [2.45, 2.75) is 19.5 Å². The molecule has 1 atom stereocenters. The van der Waals surface area contributed by atoms with Crippen LogP contribution in [0.2, 0.25) is 0 Å². The van der Waals surface area contributed by atoms with Gasteiger partial charge >= 0.3 is 6.03 Å². The van der Waals surface area contributed by atoms with Gasteiger partial charge in [-0.3, -0.25) is 4.79 Å². The molecule has 0 unspecified atom stereocenters. The molecule has 2 rings (SSSR count). The first-order valence-corrected chi connectivity index (χ1v) is 8.03. The Labute approximate surface area is 147 Å². The van der Waals surface area contributed by atoms with Crippen LogP contribution in [0.4, 0.5) is 10.5 Å². The normalized spacial score (nSPS) is 11.5. The summed E-state index contributed by atoms with van der Waals surface area (Å²) in [5.74, 6) is -0.0234. The number of aliphatic hydroxyl groups is 1. The fraction of sp³-hybridized carbons (Fsp3) is 0.263. The van der Waals surface area contributed by atoms with Crippen molar-refractivity contribution in [1.82, 2.24) is 10.2 Å². The van der Waals surface area contributed by atoms with Gasteiger partial charge in [0.25, 0.3) is 0 Å². The average molecular weight is 341 g/mol. The second kappa shape index (κ2) is 8.84. The third-order valence-corrected chi connectivity index (χ3v) is 3.83. The van der Waals surface area contributed by atoms with Gasteiger partial charge in [0.15, 0.2) is 0 Å². The van der Waals surface area contributed by atoms with Gasteiger partial charge in [-0.1, -0.05) is 42.5 Å². The standard InChI is InChI=1S/C19H23N3O3/c1-14(24)22(2)12-15-7-6-10-17(11-15)20-19(25)21-18(13-23)16-8-4-3-5-9-16/h3-11,18,23H,12-13H2,1-2H3,(H2,20,21,25)/t18-/m0/s1. The fourth-order valence-corrected chi connectivity index (χ4v) is 2.38. The van der Waals surface area contributed by atoms with Crippen molar-refractivity contribution in [1.29, 1.82) is 0 Å². The lowest BCUT2D eigenvalue weighted by Gasteiger charge is -2.18. The Morgan fingerprint density at radius 1 is 1.12 bits per heavy atom. The van der Waals surface area contributed by atoms with Gasteiger partial charge in [0.05, 0.1) is 12.6 Å². The Bertz CT molecular complexity index is 719. The molecule has 6 heteroatoms. The van der Waals surface area contributed by atoms with Crippen molar-refractivity contribution in [3.05, 3.63) is 65.7 Å². The van der Waals surface area contributed by atoms with E-state index in [9.17, 15) is 14.7 Å². The SMILES string of the molecule is CC(=O)N(C)Cc1cccc(NC(=O)N[C@@H](CO)c2ccccc2)c1. The molecule has 132 valence electrons. The van der Waals surface area contributed by atoms with E-state index >= 15 is 0 Å². The van der Waals surface area contributed by atoms with Gasteiger partial charge in [0, 0.05) is 26.2 Å². The Hall–Kier alpha value is -2.86. The molecule has 0 saturated carbocycles. The monoisotopic (exact) mass is 341 g/mol. The summed E-state index contributed by atoms with van der Waals surface area (Å²) in [6.07, 6.45) is 0. The molecule has 2 aromatic carbocycles. The van der Waals surface area contributed by atoms with Crippen LogP contribution in [0, 0.1) is 0 Å². The van der Waals surface area contributed by atoms with Gasteiger partial charge in [0.1, 0.15) is 0 Å². The Morgan fingerprint density at radius 3 is 2.48 bits per heavy atom. The second-order valence-corrected chi connectivity index (χ2v) is 5.82. The zero-order valence-electron chi connectivity index (χ0n) is 14.4. The summed E-state index contributed by atoms with van der Waals surface area (Å²) in [5, 5.41) is 15.0. The maximum absolute atomic E-state index is 12.2. The van der Waals surface area contributed by atoms with E-state index < -0.39 is 12.1 Å². The zero-order chi connectivity index (χ0) is 18.2. The van der Waals surface area contributed by atoms with Crippen LogP contribution in [0.1, 0.15) is 24.1 Å². The van der Waals surface area contributed by atoms with E-state index in [-0.39, 0.29) is 12.5 Å². The van der Waals surface area contributed by atoms with Gasteiger partial charge in [-0.2, -0.15) is 0 Å². The molecule has 6 nitrogen and oxygen atoms in total. The Kier molecular flexibility index (Phi) is 6.54. The number of amides is 3. The van der Waals surface area contributed by atoms with Crippen molar-refractivity contribution >= 4 is 17.6 Å². The van der Waals surface area contributed by atoms with Crippen molar-refractivity contribution in [2.24, 2.45) is 0 Å². The van der Waals surface area contributed by atoms with Crippen LogP contribution >= 0.6 is 0 Å². The smallest absolute Gasteiger partial charge is 0.319 e. The maximum atomic E-state index is 12.2. The number of carbonyl (C=O) groups excluding carboxylic acids is 2. The van der Waals surface area contributed by atoms with Crippen LogP contribution in [0.3, 0.4) is 0 Å². The summed E-state index contributed by atoms with van der Waals surface area (Å²) < 4.78 is 0. The van der Waals surface area contributed by atoms with E-state index in [0.29, 0.717) is 12.2 Å². The highest BCUT2D eigenvalue weighted by molar-refractivity contribution is 5.89. The van der Waals surface area contributed by atoms with Gasteiger partial charge in [-0.15, -0.1) is 0 Å². The van der Waals surface area contributed by atoms with E-state index in [0.717, 1.165) is 11.1 Å². The van der Waals surface area contributed by atoms with E-state index in [1.165, 1.54) is 6.92 Å². The first-order valence-electron chi connectivity index (χ1n) is 8.03. The lowest BCUT2D eigenvalue weighted by molar-refractivity contribution is -0.128. The van der Waals surface area contributed by atoms with E-state index in [4.69, 9.17) is 0 Å². The molecule has 0 radical (unpaired) electrons. The Balaban J connectivity index is 1.99. The van der Waals surface area contributed by atoms with Crippen molar-refractivity contribution < 1.29 is 14.7 Å². The minimum Gasteiger partial charge on any atom is -0.394 e. The number of rotatable bonds is 6. The molecular weight excluding hydrogens is 318 g/mol. The predicted molar refractivity (Wildman–Crippen MR) is 97.0 cm³/mol. The van der Waals surface area contributed by atoms with Crippen molar-refractivity contribution in [3.63, 3.8) is 0 Å². The Morgan fingerprint density at radius 2 is 1.84 bits per heavy atom. The topological polar surface area (TPSA) is 81.7 Å². The summed E-state index contributed by atoms with van der Waals surface area (Å²) in [6.45, 7) is 1.78. The highest BCUT2D eigenvalue weighted by Crippen LogP contribution is 2.14. The number of aliphatic hydroxyl groups excluding tert-OH is 1. The minimum absolute atomic E-state index is 0.0234. The summed E-state index contributed by atoms with van der Waals surface area (Å²) in [5.41, 5.74) is 2.37. The molecule has 0 spiro atoms. The van der Waals surface area contributed by atoms with E-state index in [1.807, 2.05) is 48.5 Å². The van der Waals surface area contributed by atoms with E-state index in [2.05, 4.69) is 10.6 Å². The molecule has 3 amide bonds. The van der Waals surface area contributed by atoms with Gasteiger partial charge in [0.2, 0.25) is 5.91 Å². The highest BCUT2D eigenvalue weighted by atomic mass is 16.3. The summed E-state index contributed by atoms with van der Waals surface area (Å²) in [7, 11) is 1.72. The number of nitrogens with one attached hydrogen (secondary N) is 2. The zero-order valence-corrected chi connectivity index (χ0v) is 14.4. The number of nitrogens with zero attached hydrogens (tertiary/aromatic N) is 1. The van der Waals surface area contributed by atoms with Crippen molar-refractivity contribution in [2.75, 3.05) is 19.0 Å². The molecule has 0 aliphatic heterocycles. The minimum atomic E-state index is -0.478. The highest BCUT2D eigenvalue weighted by Gasteiger charge is 2.13. The molecule has 25 heavy (non-hydrogen) atoms. The molecule has 0 saturated heterocycles. The quantitative estimate of drug-likeness (QED) is 0.755. The first kappa shape index (κ1) is 18.5. The number of carbonyl (C=O) groups is 2. The first-order chi connectivity index (χ1) is 12.0. The predicted octanol–water partition coefficient (Wildman–Crippen LogP) is 2.52. The number of benzene rings is 2. The van der Waals surface area contributed by atoms with Crippen LogP contribution in [0.25, 0.3) is 0 Å². The van der Waals surface area contributed by atoms with Crippen molar-refractivity contribution in [3.8, 4) is 0 Å². The molecule has 2 aromatic rings. The maximum Gasteiger partial charge on any atom is 0.319 e. The average Bonchev–Trinajstić information content (AvgIpc) is 2.60. The molecule has 0 aliphatic rings. The molecule has 0 aromatic heterocycles. The van der Waals surface area contributed by atoms with Gasteiger partial charge in [-0.05, 0) is 23.3 Å². The molecule has 0 heterocycles. The molecule has 0 fully saturated rings. The lowest BCUT2D eigenvalue weighted by Crippen LogP contribution is -2.34. The summed E-state index contributed by atoms with van der Waals surface area (Å²) >= 11 is 0. The molecule has 3 N–H and O–H groups in total. The van der Waals surface area contributed by atoms with Crippen LogP contribution in [0.5, 0.6) is 0 Å². The third kappa shape index (κ3) is 5.61. The number of anilines is 1. The van der Waals surface area contributed by atoms with Gasteiger partial charge < -0.3 is 20.6 Å². The van der Waals surface area contributed by atoms with Crippen LogP contribution < -0.4 is 10.6 Å². The number of hydrogen-bond donors (Lipinski definition) is 3. The van der Waals surface area contributed by atoms with Crippen LogP contribution in [-0.4, -0.2) is 35.6 Å². The van der Waals surface area contributed by atoms with Gasteiger partial charge in [-0.25, -0.2) is 4.79 Å². The molecule has 0 aliphatic carbocycles. The lowest BCUT2D eigenvalue weighted by atomic mass is 10.1. The second-order valence-electron chi connectivity index (χ2n) is 5.82. The molecular formula is C19H23N3O3. The van der Waals surface area contributed by atoms with Crippen LogP contribution in [-0.2, 0) is 11.3 Å². The summed E-state index contributed by atoms with van der Waals surface area (Å²) in [4.78, 5) is 25.1.